The van der Waals surface area contributed by atoms with Crippen LogP contribution < -0.4 is 10.6 Å². The van der Waals surface area contributed by atoms with Gasteiger partial charge in [0.25, 0.3) is 5.91 Å². The minimum absolute atomic E-state index is 0.146. The average Bonchev–Trinajstić information content (AvgIpc) is 3.14. The fourth-order valence-electron chi connectivity index (χ4n) is 4.30. The van der Waals surface area contributed by atoms with Gasteiger partial charge in [0.1, 0.15) is 0 Å². The highest BCUT2D eigenvalue weighted by Crippen LogP contribution is 2.24. The van der Waals surface area contributed by atoms with Gasteiger partial charge in [0, 0.05) is 50.9 Å². The van der Waals surface area contributed by atoms with Crippen LogP contribution >= 0.6 is 0 Å². The van der Waals surface area contributed by atoms with Crippen LogP contribution in [0.4, 0.5) is 5.95 Å². The number of aryl methyl sites for hydroxylation is 1. The highest BCUT2D eigenvalue weighted by Gasteiger charge is 2.25. The number of hydrogen-bond acceptors (Lipinski definition) is 6. The van der Waals surface area contributed by atoms with Crippen LogP contribution in [0.25, 0.3) is 10.9 Å². The number of para-hydroxylation sites is 1. The number of primary amides is 1. The minimum atomic E-state index is -0.531. The smallest absolute Gasteiger partial charge is 0.251 e. The molecule has 2 amide bonds. The van der Waals surface area contributed by atoms with Crippen molar-refractivity contribution in [3.8, 4) is 0 Å². The second kappa shape index (κ2) is 9.33. The van der Waals surface area contributed by atoms with E-state index < -0.39 is 5.91 Å². The molecule has 1 fully saturated rings. The van der Waals surface area contributed by atoms with Crippen LogP contribution in [-0.2, 0) is 18.4 Å². The van der Waals surface area contributed by atoms with Crippen molar-refractivity contribution in [2.45, 2.75) is 32.7 Å². The van der Waals surface area contributed by atoms with Crippen molar-refractivity contribution in [2.75, 3.05) is 24.5 Å². The molecule has 9 nitrogen and oxygen atoms in total. The summed E-state index contributed by atoms with van der Waals surface area (Å²) in [5.74, 6) is 0.626. The number of carbonyl (C=O) groups is 2. The zero-order valence-corrected chi connectivity index (χ0v) is 18.6. The van der Waals surface area contributed by atoms with E-state index in [0.29, 0.717) is 36.9 Å². The molecule has 9 heteroatoms. The number of nitrogens with two attached hydrogens (primary N) is 1. The van der Waals surface area contributed by atoms with E-state index in [4.69, 9.17) is 5.73 Å². The van der Waals surface area contributed by atoms with E-state index >= 15 is 0 Å². The largest absolute Gasteiger partial charge is 0.366 e. The number of benzene rings is 1. The molecule has 4 rings (SSSR count). The Morgan fingerprint density at radius 1 is 1.16 bits per heavy atom. The highest BCUT2D eigenvalue weighted by molar-refractivity contribution is 5.92. The minimum Gasteiger partial charge on any atom is -0.366 e. The summed E-state index contributed by atoms with van der Waals surface area (Å²) < 4.78 is 1.88. The lowest BCUT2D eigenvalue weighted by atomic mass is 9.96. The molecule has 3 heterocycles. The van der Waals surface area contributed by atoms with Gasteiger partial charge >= 0.3 is 0 Å². The van der Waals surface area contributed by atoms with Gasteiger partial charge in [0.15, 0.2) is 0 Å². The highest BCUT2D eigenvalue weighted by atomic mass is 16.2. The molecule has 1 aromatic carbocycles. The van der Waals surface area contributed by atoms with Crippen molar-refractivity contribution in [3.63, 3.8) is 0 Å². The Labute approximate surface area is 187 Å². The molecule has 1 aliphatic rings. The van der Waals surface area contributed by atoms with Crippen molar-refractivity contribution < 1.29 is 9.59 Å². The van der Waals surface area contributed by atoms with Gasteiger partial charge in [-0.25, -0.2) is 9.97 Å². The molecule has 32 heavy (non-hydrogen) atoms. The molecule has 3 aromatic rings. The van der Waals surface area contributed by atoms with Crippen LogP contribution in [0.3, 0.4) is 0 Å². The maximum atomic E-state index is 12.7. The summed E-state index contributed by atoms with van der Waals surface area (Å²) in [6, 6.07) is 8.12. The molecule has 0 atom stereocenters. The number of amides is 2. The molecule has 0 aliphatic carbocycles. The predicted octanol–water partition coefficient (Wildman–Crippen LogP) is 2.12. The summed E-state index contributed by atoms with van der Waals surface area (Å²) in [4.78, 5) is 36.6. The van der Waals surface area contributed by atoms with E-state index in [1.54, 1.807) is 0 Å². The molecule has 0 spiro atoms. The quantitative estimate of drug-likeness (QED) is 0.609. The van der Waals surface area contributed by atoms with Crippen molar-refractivity contribution in [2.24, 2.45) is 18.7 Å². The fourth-order valence-corrected chi connectivity index (χ4v) is 4.30. The van der Waals surface area contributed by atoms with Crippen LogP contribution in [0.1, 0.15) is 42.2 Å². The van der Waals surface area contributed by atoms with Gasteiger partial charge in [-0.1, -0.05) is 25.1 Å². The third kappa shape index (κ3) is 4.56. The molecule has 2 aromatic heterocycles. The van der Waals surface area contributed by atoms with Crippen molar-refractivity contribution >= 4 is 28.7 Å². The average molecular weight is 436 g/mol. The molecule has 1 aliphatic heterocycles. The van der Waals surface area contributed by atoms with Crippen molar-refractivity contribution in [1.29, 1.82) is 0 Å². The zero-order valence-electron chi connectivity index (χ0n) is 18.6. The third-order valence-corrected chi connectivity index (χ3v) is 6.13. The number of rotatable bonds is 7. The Hall–Kier alpha value is -3.49. The first-order valence-electron chi connectivity index (χ1n) is 11.0. The molecule has 1 saturated heterocycles. The van der Waals surface area contributed by atoms with E-state index in [0.717, 1.165) is 42.5 Å². The van der Waals surface area contributed by atoms with Crippen molar-refractivity contribution in [3.05, 3.63) is 47.9 Å². The number of anilines is 1. The Morgan fingerprint density at radius 2 is 1.84 bits per heavy atom. The Balaban J connectivity index is 1.41. The summed E-state index contributed by atoms with van der Waals surface area (Å²) in [5.41, 5.74) is 7.57. The van der Waals surface area contributed by atoms with Gasteiger partial charge in [-0.2, -0.15) is 5.10 Å². The molecule has 0 bridgehead atoms. The molecular formula is C23H29N7O2. The third-order valence-electron chi connectivity index (χ3n) is 6.13. The standard InChI is InChI=1S/C23H29N7O2/c1-3-21(31)30(15-19-18-6-4-5-7-20(18)28(2)27-19)14-16-8-10-29(11-9-16)23-25-12-17(13-26-23)22(24)32/h4-7,12-13,16H,3,8-11,14-15H2,1-2H3,(H2,24,32). The molecule has 0 saturated carbocycles. The summed E-state index contributed by atoms with van der Waals surface area (Å²) in [6.07, 6.45) is 5.30. The summed E-state index contributed by atoms with van der Waals surface area (Å²) in [7, 11) is 1.94. The van der Waals surface area contributed by atoms with Gasteiger partial charge in [-0.15, -0.1) is 0 Å². The monoisotopic (exact) mass is 435 g/mol. The molecule has 0 unspecified atom stereocenters. The second-order valence-corrected chi connectivity index (χ2v) is 8.28. The van der Waals surface area contributed by atoms with Gasteiger partial charge < -0.3 is 15.5 Å². The fraction of sp³-hybridized carbons (Fsp3) is 0.435. The van der Waals surface area contributed by atoms with Crippen LogP contribution in [0.15, 0.2) is 36.7 Å². The van der Waals surface area contributed by atoms with Gasteiger partial charge in [0.05, 0.1) is 23.3 Å². The lowest BCUT2D eigenvalue weighted by molar-refractivity contribution is -0.132. The van der Waals surface area contributed by atoms with Gasteiger partial charge in [-0.05, 0) is 24.8 Å². The number of fused-ring (bicyclic) bond motifs is 1. The van der Waals surface area contributed by atoms with E-state index in [-0.39, 0.29) is 5.91 Å². The van der Waals surface area contributed by atoms with E-state index in [1.165, 1.54) is 12.4 Å². The van der Waals surface area contributed by atoms with Crippen LogP contribution in [-0.4, -0.2) is 56.1 Å². The first-order valence-corrected chi connectivity index (χ1v) is 11.0. The van der Waals surface area contributed by atoms with E-state index in [1.807, 2.05) is 41.8 Å². The number of aromatic nitrogens is 4. The summed E-state index contributed by atoms with van der Waals surface area (Å²) in [5, 5.41) is 5.77. The summed E-state index contributed by atoms with van der Waals surface area (Å²) in [6.45, 7) is 4.75. The lowest BCUT2D eigenvalue weighted by Gasteiger charge is -2.34. The Kier molecular flexibility index (Phi) is 6.34. The lowest BCUT2D eigenvalue weighted by Crippen LogP contribution is -2.41. The summed E-state index contributed by atoms with van der Waals surface area (Å²) >= 11 is 0. The first kappa shape index (κ1) is 21.7. The first-order chi connectivity index (χ1) is 15.5. The zero-order chi connectivity index (χ0) is 22.7. The number of nitrogens with zero attached hydrogens (tertiary/aromatic N) is 6. The van der Waals surface area contributed by atoms with E-state index in [9.17, 15) is 9.59 Å². The predicted molar refractivity (Wildman–Crippen MR) is 122 cm³/mol. The topological polar surface area (TPSA) is 110 Å². The normalized spacial score (nSPS) is 14.6. The van der Waals surface area contributed by atoms with Gasteiger partial charge in [-0.3, -0.25) is 14.3 Å². The molecule has 168 valence electrons. The van der Waals surface area contributed by atoms with Crippen molar-refractivity contribution in [1.82, 2.24) is 24.6 Å². The second-order valence-electron chi connectivity index (χ2n) is 8.28. The Bertz CT molecular complexity index is 1100. The maximum Gasteiger partial charge on any atom is 0.251 e. The number of carbonyl (C=O) groups excluding carboxylic acids is 2. The van der Waals surface area contributed by atoms with Crippen LogP contribution in [0.5, 0.6) is 0 Å². The Morgan fingerprint density at radius 3 is 2.50 bits per heavy atom. The molecular weight excluding hydrogens is 406 g/mol. The van der Waals surface area contributed by atoms with Crippen LogP contribution in [0, 0.1) is 5.92 Å². The maximum absolute atomic E-state index is 12.7. The molecule has 2 N–H and O–H groups in total. The van der Waals surface area contributed by atoms with E-state index in [2.05, 4.69) is 26.0 Å². The SMILES string of the molecule is CCC(=O)N(Cc1nn(C)c2ccccc12)CC1CCN(c2ncc(C(N)=O)cn2)CC1. The van der Waals surface area contributed by atoms with Gasteiger partial charge in [0.2, 0.25) is 11.9 Å². The number of hydrogen-bond donors (Lipinski definition) is 1. The molecule has 0 radical (unpaired) electrons. The van der Waals surface area contributed by atoms with Crippen LogP contribution in [0.2, 0.25) is 0 Å². The number of piperidine rings is 1.